The second-order valence-corrected chi connectivity index (χ2v) is 6.00. The van der Waals surface area contributed by atoms with Crippen LogP contribution >= 0.6 is 12.2 Å². The summed E-state index contributed by atoms with van der Waals surface area (Å²) in [5, 5.41) is 15.3. The Kier molecular flexibility index (Phi) is 5.76. The maximum atomic E-state index is 12.4. The van der Waals surface area contributed by atoms with E-state index in [0.29, 0.717) is 17.0 Å². The van der Waals surface area contributed by atoms with Gasteiger partial charge in [-0.25, -0.2) is 0 Å². The Balaban J connectivity index is 2.09. The van der Waals surface area contributed by atoms with Crippen molar-refractivity contribution in [1.29, 1.82) is 0 Å². The number of amides is 1. The third-order valence-corrected chi connectivity index (χ3v) is 3.33. The van der Waals surface area contributed by atoms with Gasteiger partial charge in [-0.15, -0.1) is 0 Å². The molecule has 6 heteroatoms. The molecule has 0 aliphatic heterocycles. The van der Waals surface area contributed by atoms with Crippen LogP contribution in [0.25, 0.3) is 0 Å². The van der Waals surface area contributed by atoms with E-state index in [2.05, 4.69) is 10.6 Å². The van der Waals surface area contributed by atoms with Crippen LogP contribution in [0.1, 0.15) is 29.8 Å². The van der Waals surface area contributed by atoms with Gasteiger partial charge in [-0.2, -0.15) is 0 Å². The maximum Gasteiger partial charge on any atom is 0.261 e. The lowest BCUT2D eigenvalue weighted by molar-refractivity contribution is 0.0972. The molecule has 24 heavy (non-hydrogen) atoms. The first-order chi connectivity index (χ1) is 11.4. The van der Waals surface area contributed by atoms with Crippen LogP contribution in [0.2, 0.25) is 0 Å². The Morgan fingerprint density at radius 1 is 1.21 bits per heavy atom. The van der Waals surface area contributed by atoms with Crippen molar-refractivity contribution in [2.75, 3.05) is 5.32 Å². The predicted octanol–water partition coefficient (Wildman–Crippen LogP) is 3.61. The molecule has 0 aliphatic carbocycles. The Bertz CT molecular complexity index is 760. The molecular weight excluding hydrogens is 324 g/mol. The van der Waals surface area contributed by atoms with E-state index >= 15 is 0 Å². The summed E-state index contributed by atoms with van der Waals surface area (Å²) >= 11 is 5.15. The molecule has 0 atom stereocenters. The number of ether oxygens (including phenoxy) is 1. The van der Waals surface area contributed by atoms with Crippen molar-refractivity contribution in [3.8, 4) is 11.5 Å². The van der Waals surface area contributed by atoms with E-state index in [1.807, 2.05) is 20.8 Å². The van der Waals surface area contributed by atoms with Crippen molar-refractivity contribution in [3.05, 3.63) is 53.6 Å². The van der Waals surface area contributed by atoms with E-state index in [9.17, 15) is 9.90 Å². The number of carbonyl (C=O) groups is 1. The highest BCUT2D eigenvalue weighted by atomic mass is 32.1. The first kappa shape index (κ1) is 17.7. The Hall–Kier alpha value is -2.60. The lowest BCUT2D eigenvalue weighted by Crippen LogP contribution is -2.34. The number of hydrogen-bond donors (Lipinski definition) is 3. The molecule has 0 heterocycles. The summed E-state index contributed by atoms with van der Waals surface area (Å²) < 4.78 is 5.64. The van der Waals surface area contributed by atoms with Gasteiger partial charge in [0.2, 0.25) is 0 Å². The molecule has 0 aromatic heterocycles. The van der Waals surface area contributed by atoms with Crippen molar-refractivity contribution in [2.24, 2.45) is 0 Å². The Morgan fingerprint density at radius 3 is 2.62 bits per heavy atom. The third kappa shape index (κ3) is 4.70. The van der Waals surface area contributed by atoms with Gasteiger partial charge in [0.1, 0.15) is 11.5 Å². The van der Waals surface area contributed by atoms with Crippen molar-refractivity contribution in [1.82, 2.24) is 5.32 Å². The van der Waals surface area contributed by atoms with E-state index in [-0.39, 0.29) is 22.9 Å². The normalized spacial score (nSPS) is 10.3. The molecule has 0 spiro atoms. The summed E-state index contributed by atoms with van der Waals surface area (Å²) in [6.45, 7) is 5.68. The summed E-state index contributed by atoms with van der Waals surface area (Å²) in [4.78, 5) is 12.4. The van der Waals surface area contributed by atoms with Crippen LogP contribution in [0.4, 0.5) is 5.69 Å². The summed E-state index contributed by atoms with van der Waals surface area (Å²) in [5.41, 5.74) is 1.79. The number of aryl methyl sites for hydroxylation is 1. The van der Waals surface area contributed by atoms with Crippen LogP contribution in [0.5, 0.6) is 11.5 Å². The lowest BCUT2D eigenvalue weighted by atomic mass is 10.2. The fourth-order valence-corrected chi connectivity index (χ4v) is 2.29. The number of phenolic OH excluding ortho intramolecular Hbond substituents is 1. The van der Waals surface area contributed by atoms with Crippen LogP contribution in [0.15, 0.2) is 42.5 Å². The molecule has 5 nitrogen and oxygen atoms in total. The number of nitrogens with one attached hydrogen (secondary N) is 2. The van der Waals surface area contributed by atoms with Crippen LogP contribution in [-0.4, -0.2) is 22.2 Å². The summed E-state index contributed by atoms with van der Waals surface area (Å²) in [6, 6.07) is 12.0. The van der Waals surface area contributed by atoms with E-state index in [0.717, 1.165) is 5.56 Å². The van der Waals surface area contributed by atoms with Crippen LogP contribution < -0.4 is 15.4 Å². The van der Waals surface area contributed by atoms with Gasteiger partial charge in [0.15, 0.2) is 5.11 Å². The zero-order chi connectivity index (χ0) is 17.7. The van der Waals surface area contributed by atoms with Crippen LogP contribution in [-0.2, 0) is 0 Å². The molecule has 2 rings (SSSR count). The van der Waals surface area contributed by atoms with Gasteiger partial charge in [-0.3, -0.25) is 10.1 Å². The summed E-state index contributed by atoms with van der Waals surface area (Å²) in [6.07, 6.45) is -0.0479. The first-order valence-electron chi connectivity index (χ1n) is 7.54. The number of benzene rings is 2. The highest BCUT2D eigenvalue weighted by molar-refractivity contribution is 7.80. The van der Waals surface area contributed by atoms with Gasteiger partial charge in [0, 0.05) is 0 Å². The lowest BCUT2D eigenvalue weighted by Gasteiger charge is -2.15. The van der Waals surface area contributed by atoms with Crippen LogP contribution in [0, 0.1) is 6.92 Å². The van der Waals surface area contributed by atoms with E-state index in [1.54, 1.807) is 42.5 Å². The molecule has 0 bridgehead atoms. The maximum absolute atomic E-state index is 12.4. The third-order valence-electron chi connectivity index (χ3n) is 3.12. The van der Waals surface area contributed by atoms with Gasteiger partial charge < -0.3 is 15.2 Å². The molecule has 126 valence electrons. The van der Waals surface area contributed by atoms with Gasteiger partial charge in [0.05, 0.1) is 17.4 Å². The van der Waals surface area contributed by atoms with Crippen molar-refractivity contribution in [3.63, 3.8) is 0 Å². The molecule has 0 unspecified atom stereocenters. The number of para-hydroxylation sites is 1. The summed E-state index contributed by atoms with van der Waals surface area (Å²) in [7, 11) is 0. The minimum atomic E-state index is -0.379. The monoisotopic (exact) mass is 344 g/mol. The molecule has 2 aromatic carbocycles. The number of hydrogen-bond acceptors (Lipinski definition) is 4. The van der Waals surface area contributed by atoms with Crippen LogP contribution in [0.3, 0.4) is 0 Å². The zero-order valence-electron chi connectivity index (χ0n) is 13.8. The smallest absolute Gasteiger partial charge is 0.261 e. The van der Waals surface area contributed by atoms with Crippen molar-refractivity contribution < 1.29 is 14.6 Å². The van der Waals surface area contributed by atoms with Gasteiger partial charge in [-0.05, 0) is 62.8 Å². The largest absolute Gasteiger partial charge is 0.506 e. The predicted molar refractivity (Wildman–Crippen MR) is 98.7 cm³/mol. The van der Waals surface area contributed by atoms with E-state index in [4.69, 9.17) is 17.0 Å². The average molecular weight is 344 g/mol. The second kappa shape index (κ2) is 7.79. The van der Waals surface area contributed by atoms with Gasteiger partial charge in [0.25, 0.3) is 5.91 Å². The van der Waals surface area contributed by atoms with E-state index < -0.39 is 0 Å². The summed E-state index contributed by atoms with van der Waals surface area (Å²) in [5.74, 6) is 0.169. The highest BCUT2D eigenvalue weighted by Crippen LogP contribution is 2.24. The standard InChI is InChI=1S/C18H20N2O3S/c1-11(2)23-16-7-5-4-6-13(16)17(22)20-18(24)19-14-10-12(3)8-9-15(14)21/h4-11,21H,1-3H3,(H2,19,20,22,24). The zero-order valence-corrected chi connectivity index (χ0v) is 14.6. The molecule has 0 saturated heterocycles. The number of rotatable bonds is 4. The molecule has 0 fully saturated rings. The molecular formula is C18H20N2O3S. The second-order valence-electron chi connectivity index (χ2n) is 5.59. The molecule has 2 aromatic rings. The molecule has 0 radical (unpaired) electrons. The van der Waals surface area contributed by atoms with Gasteiger partial charge >= 0.3 is 0 Å². The number of aromatic hydroxyl groups is 1. The molecule has 0 aliphatic rings. The molecule has 0 saturated carbocycles. The van der Waals surface area contributed by atoms with Crippen molar-refractivity contribution in [2.45, 2.75) is 26.9 Å². The topological polar surface area (TPSA) is 70.6 Å². The molecule has 3 N–H and O–H groups in total. The Morgan fingerprint density at radius 2 is 1.92 bits per heavy atom. The van der Waals surface area contributed by atoms with Crippen molar-refractivity contribution >= 4 is 28.9 Å². The van der Waals surface area contributed by atoms with Gasteiger partial charge in [-0.1, -0.05) is 18.2 Å². The minimum Gasteiger partial charge on any atom is -0.506 e. The first-order valence-corrected chi connectivity index (χ1v) is 7.95. The fourth-order valence-electron chi connectivity index (χ4n) is 2.08. The average Bonchev–Trinajstić information content (AvgIpc) is 2.50. The Labute approximate surface area is 146 Å². The number of anilines is 1. The number of carbonyl (C=O) groups excluding carboxylic acids is 1. The molecule has 1 amide bonds. The number of thiocarbonyl (C=S) groups is 1. The highest BCUT2D eigenvalue weighted by Gasteiger charge is 2.15. The minimum absolute atomic E-state index is 0.0479. The number of phenols is 1. The van der Waals surface area contributed by atoms with E-state index in [1.165, 1.54) is 0 Å². The fraction of sp³-hybridized carbons (Fsp3) is 0.222. The SMILES string of the molecule is Cc1ccc(O)c(NC(=S)NC(=O)c2ccccc2OC(C)C)c1. The quantitative estimate of drug-likeness (QED) is 0.584.